The fraction of sp³-hybridized carbons (Fsp3) is 0.192. The Hall–Kier alpha value is -3.58. The molecule has 0 aliphatic rings. The van der Waals surface area contributed by atoms with Crippen molar-refractivity contribution in [1.29, 1.82) is 0 Å². The number of carbonyl (C=O) groups is 1. The number of aromatic nitrogens is 3. The Bertz CT molecular complexity index is 1230. The van der Waals surface area contributed by atoms with Crippen LogP contribution in [0.5, 0.6) is 5.75 Å². The topological polar surface area (TPSA) is 69.0 Å². The molecule has 3 aromatic carbocycles. The van der Waals surface area contributed by atoms with Gasteiger partial charge in [0.25, 0.3) is 0 Å². The molecule has 0 fully saturated rings. The lowest BCUT2D eigenvalue weighted by Gasteiger charge is -2.16. The third-order valence-corrected chi connectivity index (χ3v) is 6.42. The van der Waals surface area contributed by atoms with Gasteiger partial charge in [-0.15, -0.1) is 10.2 Å². The van der Waals surface area contributed by atoms with Gasteiger partial charge in [-0.2, -0.15) is 0 Å². The number of thioether (sulfide) groups is 1. The Labute approximate surface area is 198 Å². The van der Waals surface area contributed by atoms with Crippen LogP contribution >= 0.6 is 11.8 Å². The molecule has 6 nitrogen and oxygen atoms in total. The molecule has 7 heteroatoms. The summed E-state index contributed by atoms with van der Waals surface area (Å²) in [7, 11) is 1.64. The van der Waals surface area contributed by atoms with Crippen molar-refractivity contribution in [3.63, 3.8) is 0 Å². The summed E-state index contributed by atoms with van der Waals surface area (Å²) in [5.41, 5.74) is 4.77. The van der Waals surface area contributed by atoms with Crippen LogP contribution in [-0.4, -0.2) is 33.0 Å². The lowest BCUT2D eigenvalue weighted by Crippen LogP contribution is -2.23. The van der Waals surface area contributed by atoms with Gasteiger partial charge < -0.3 is 10.1 Å². The number of benzene rings is 3. The molecule has 1 N–H and O–H groups in total. The van der Waals surface area contributed by atoms with E-state index in [0.29, 0.717) is 11.0 Å². The molecule has 1 aromatic heterocycles. The van der Waals surface area contributed by atoms with Crippen LogP contribution in [0.25, 0.3) is 17.1 Å². The van der Waals surface area contributed by atoms with Crippen molar-refractivity contribution in [2.24, 2.45) is 0 Å². The summed E-state index contributed by atoms with van der Waals surface area (Å²) < 4.78 is 7.26. The molecule has 1 heterocycles. The quantitative estimate of drug-likeness (QED) is 0.361. The van der Waals surface area contributed by atoms with E-state index in [4.69, 9.17) is 4.74 Å². The van der Waals surface area contributed by atoms with Gasteiger partial charge in [-0.3, -0.25) is 9.36 Å². The Morgan fingerprint density at radius 1 is 0.939 bits per heavy atom. The summed E-state index contributed by atoms with van der Waals surface area (Å²) in [5, 5.41) is 12.3. The van der Waals surface area contributed by atoms with E-state index in [0.717, 1.165) is 33.8 Å². The summed E-state index contributed by atoms with van der Waals surface area (Å²) in [5.74, 6) is 1.40. The van der Waals surface area contributed by atoms with E-state index in [1.165, 1.54) is 11.8 Å². The minimum absolute atomic E-state index is 0.0778. The zero-order chi connectivity index (χ0) is 23.4. The molecule has 0 bridgehead atoms. The highest BCUT2D eigenvalue weighted by atomic mass is 32.2. The molecule has 0 radical (unpaired) electrons. The predicted molar refractivity (Wildman–Crippen MR) is 133 cm³/mol. The molecule has 1 atom stereocenters. The summed E-state index contributed by atoms with van der Waals surface area (Å²) >= 11 is 1.38. The Morgan fingerprint density at radius 2 is 1.61 bits per heavy atom. The average Bonchev–Trinajstić information content (AvgIpc) is 3.25. The fourth-order valence-electron chi connectivity index (χ4n) is 3.53. The van der Waals surface area contributed by atoms with E-state index < -0.39 is 0 Å². The number of nitrogens with one attached hydrogen (secondary N) is 1. The lowest BCUT2D eigenvalue weighted by atomic mass is 10.1. The minimum Gasteiger partial charge on any atom is -0.497 e. The second-order valence-corrected chi connectivity index (χ2v) is 9.03. The normalized spacial score (nSPS) is 11.8. The van der Waals surface area contributed by atoms with Crippen LogP contribution in [0.1, 0.15) is 18.1 Å². The number of para-hydroxylation sites is 2. The largest absolute Gasteiger partial charge is 0.497 e. The van der Waals surface area contributed by atoms with Gasteiger partial charge in [-0.05, 0) is 68.3 Å². The Morgan fingerprint density at radius 3 is 2.24 bits per heavy atom. The van der Waals surface area contributed by atoms with Crippen LogP contribution in [0.4, 0.5) is 5.69 Å². The highest BCUT2D eigenvalue weighted by molar-refractivity contribution is 8.00. The van der Waals surface area contributed by atoms with Crippen LogP contribution < -0.4 is 10.1 Å². The number of carbonyl (C=O) groups excluding carboxylic acids is 1. The number of hydrogen-bond donors (Lipinski definition) is 1. The van der Waals surface area contributed by atoms with Crippen molar-refractivity contribution >= 4 is 23.4 Å². The third kappa shape index (κ3) is 4.93. The van der Waals surface area contributed by atoms with Crippen LogP contribution in [0.15, 0.2) is 78.0 Å². The molecular weight excluding hydrogens is 432 g/mol. The van der Waals surface area contributed by atoms with Crippen molar-refractivity contribution in [2.45, 2.75) is 31.2 Å². The van der Waals surface area contributed by atoms with Gasteiger partial charge >= 0.3 is 0 Å². The van der Waals surface area contributed by atoms with Crippen LogP contribution in [0, 0.1) is 13.8 Å². The summed E-state index contributed by atoms with van der Waals surface area (Å²) in [6, 6.07) is 23.6. The van der Waals surface area contributed by atoms with Gasteiger partial charge in [-0.25, -0.2) is 0 Å². The first kappa shape index (κ1) is 22.6. The number of nitrogens with zero attached hydrogens (tertiary/aromatic N) is 3. The maximum Gasteiger partial charge on any atom is 0.237 e. The van der Waals surface area contributed by atoms with E-state index in [-0.39, 0.29) is 11.2 Å². The van der Waals surface area contributed by atoms with E-state index in [2.05, 4.69) is 15.5 Å². The first-order chi connectivity index (χ1) is 16.0. The molecule has 0 aliphatic heterocycles. The molecule has 4 rings (SSSR count). The zero-order valence-corrected chi connectivity index (χ0v) is 19.9. The number of hydrogen-bond acceptors (Lipinski definition) is 5. The summed E-state index contributed by atoms with van der Waals surface area (Å²) in [6.07, 6.45) is 0. The molecule has 1 amide bonds. The molecular formula is C26H26N4O2S. The van der Waals surface area contributed by atoms with Crippen molar-refractivity contribution < 1.29 is 9.53 Å². The van der Waals surface area contributed by atoms with Crippen molar-refractivity contribution in [3.8, 4) is 22.8 Å². The Balaban J connectivity index is 1.64. The van der Waals surface area contributed by atoms with Crippen molar-refractivity contribution in [2.75, 3.05) is 12.4 Å². The molecule has 0 saturated heterocycles. The second-order valence-electron chi connectivity index (χ2n) is 7.72. The lowest BCUT2D eigenvalue weighted by molar-refractivity contribution is -0.115. The van der Waals surface area contributed by atoms with Gasteiger partial charge in [0.15, 0.2) is 11.0 Å². The van der Waals surface area contributed by atoms with Gasteiger partial charge in [0.05, 0.1) is 12.4 Å². The standard InChI is InChI=1S/C26H26N4O2S/c1-17-9-8-10-18(2)23(17)27-25(31)19(3)33-26-29-28-24(20-13-15-22(32-4)16-14-20)30(26)21-11-6-5-7-12-21/h5-16,19H,1-4H3,(H,27,31). The minimum atomic E-state index is -0.376. The SMILES string of the molecule is COc1ccc(-c2nnc(SC(C)C(=O)Nc3c(C)cccc3C)n2-c2ccccc2)cc1. The molecule has 1 unspecified atom stereocenters. The van der Waals surface area contributed by atoms with Gasteiger partial charge in [0, 0.05) is 16.9 Å². The molecule has 0 saturated carbocycles. The maximum atomic E-state index is 13.0. The molecule has 4 aromatic rings. The third-order valence-electron chi connectivity index (χ3n) is 5.38. The maximum absolute atomic E-state index is 13.0. The second kappa shape index (κ2) is 9.92. The number of rotatable bonds is 7. The highest BCUT2D eigenvalue weighted by Gasteiger charge is 2.22. The highest BCUT2D eigenvalue weighted by Crippen LogP contribution is 2.31. The monoisotopic (exact) mass is 458 g/mol. The summed E-state index contributed by atoms with van der Waals surface area (Å²) in [6.45, 7) is 5.87. The van der Waals surface area contributed by atoms with Gasteiger partial charge in [-0.1, -0.05) is 48.2 Å². The number of ether oxygens (including phenoxy) is 1. The molecule has 0 aliphatic carbocycles. The van der Waals surface area contributed by atoms with E-state index >= 15 is 0 Å². The average molecular weight is 459 g/mol. The van der Waals surface area contributed by atoms with Gasteiger partial charge in [0.2, 0.25) is 5.91 Å². The van der Waals surface area contributed by atoms with Gasteiger partial charge in [0.1, 0.15) is 5.75 Å². The van der Waals surface area contributed by atoms with Crippen LogP contribution in [-0.2, 0) is 4.79 Å². The number of methoxy groups -OCH3 is 1. The fourth-order valence-corrected chi connectivity index (χ4v) is 4.40. The first-order valence-corrected chi connectivity index (χ1v) is 11.5. The van der Waals surface area contributed by atoms with E-state index in [1.54, 1.807) is 7.11 Å². The van der Waals surface area contributed by atoms with Crippen LogP contribution in [0.2, 0.25) is 0 Å². The smallest absolute Gasteiger partial charge is 0.237 e. The first-order valence-electron chi connectivity index (χ1n) is 10.7. The van der Waals surface area contributed by atoms with Crippen molar-refractivity contribution in [3.05, 3.63) is 83.9 Å². The van der Waals surface area contributed by atoms with Crippen LogP contribution in [0.3, 0.4) is 0 Å². The number of anilines is 1. The van der Waals surface area contributed by atoms with E-state index in [9.17, 15) is 4.79 Å². The predicted octanol–water partition coefficient (Wildman–Crippen LogP) is 5.68. The summed E-state index contributed by atoms with van der Waals surface area (Å²) in [4.78, 5) is 13.0. The molecule has 0 spiro atoms. The number of aryl methyl sites for hydroxylation is 2. The van der Waals surface area contributed by atoms with E-state index in [1.807, 2.05) is 98.1 Å². The number of amides is 1. The van der Waals surface area contributed by atoms with Crippen molar-refractivity contribution in [1.82, 2.24) is 14.8 Å². The molecule has 168 valence electrons. The molecule has 33 heavy (non-hydrogen) atoms. The zero-order valence-electron chi connectivity index (χ0n) is 19.1. The Kier molecular flexibility index (Phi) is 6.79.